The van der Waals surface area contributed by atoms with Crippen LogP contribution in [0.3, 0.4) is 0 Å². The minimum absolute atomic E-state index is 0.656. The van der Waals surface area contributed by atoms with E-state index in [-0.39, 0.29) is 0 Å². The van der Waals surface area contributed by atoms with Crippen LogP contribution in [0.25, 0.3) is 0 Å². The normalized spacial score (nSPS) is 15.1. The van der Waals surface area contributed by atoms with Crippen molar-refractivity contribution >= 4 is 11.8 Å². The number of piperidine rings is 1. The van der Waals surface area contributed by atoms with Crippen molar-refractivity contribution in [3.63, 3.8) is 0 Å². The van der Waals surface area contributed by atoms with Gasteiger partial charge in [-0.25, -0.2) is 9.98 Å². The lowest BCUT2D eigenvalue weighted by Gasteiger charge is -2.27. The van der Waals surface area contributed by atoms with E-state index in [0.29, 0.717) is 6.54 Å². The highest BCUT2D eigenvalue weighted by atomic mass is 15.3. The van der Waals surface area contributed by atoms with Gasteiger partial charge in [-0.2, -0.15) is 0 Å². The van der Waals surface area contributed by atoms with E-state index in [1.54, 1.807) is 0 Å². The number of aliphatic imine (C=N–C) groups is 1. The molecule has 146 valence electrons. The summed E-state index contributed by atoms with van der Waals surface area (Å²) < 4.78 is 2.15. The van der Waals surface area contributed by atoms with Crippen molar-refractivity contribution in [2.75, 3.05) is 31.6 Å². The van der Waals surface area contributed by atoms with Gasteiger partial charge >= 0.3 is 0 Å². The van der Waals surface area contributed by atoms with Crippen LogP contribution in [0.15, 0.2) is 41.7 Å². The maximum absolute atomic E-state index is 4.86. The van der Waals surface area contributed by atoms with Crippen molar-refractivity contribution in [1.82, 2.24) is 19.8 Å². The van der Waals surface area contributed by atoms with Gasteiger partial charge in [0, 0.05) is 51.8 Å². The minimum Gasteiger partial charge on any atom is -0.357 e. The van der Waals surface area contributed by atoms with Crippen molar-refractivity contribution in [2.24, 2.45) is 12.0 Å². The van der Waals surface area contributed by atoms with Gasteiger partial charge in [-0.3, -0.25) is 0 Å². The van der Waals surface area contributed by atoms with E-state index >= 15 is 0 Å². The molecule has 27 heavy (non-hydrogen) atoms. The summed E-state index contributed by atoms with van der Waals surface area (Å²) in [7, 11) is 4.16. The summed E-state index contributed by atoms with van der Waals surface area (Å²) in [5.41, 5.74) is 2.47. The Morgan fingerprint density at radius 2 is 2.07 bits per heavy atom. The third-order valence-electron chi connectivity index (χ3n) is 5.05. The van der Waals surface area contributed by atoms with Gasteiger partial charge in [0.1, 0.15) is 5.82 Å². The second kappa shape index (κ2) is 9.44. The summed E-state index contributed by atoms with van der Waals surface area (Å²) in [6, 6.07) is 8.48. The minimum atomic E-state index is 0.656. The Hall–Kier alpha value is -2.50. The number of aryl methyl sites for hydroxylation is 1. The van der Waals surface area contributed by atoms with E-state index in [2.05, 4.69) is 76.1 Å². The van der Waals surface area contributed by atoms with Crippen molar-refractivity contribution in [3.8, 4) is 0 Å². The van der Waals surface area contributed by atoms with E-state index in [9.17, 15) is 0 Å². The van der Waals surface area contributed by atoms with E-state index in [4.69, 9.17) is 4.99 Å². The highest BCUT2D eigenvalue weighted by Crippen LogP contribution is 2.18. The number of hydrogen-bond acceptors (Lipinski definition) is 3. The molecule has 0 unspecified atom stereocenters. The lowest BCUT2D eigenvalue weighted by atomic mass is 10.1. The van der Waals surface area contributed by atoms with Crippen molar-refractivity contribution in [2.45, 2.75) is 39.3 Å². The van der Waals surface area contributed by atoms with E-state index in [1.165, 1.54) is 30.5 Å². The van der Waals surface area contributed by atoms with Crippen molar-refractivity contribution < 1.29 is 0 Å². The fourth-order valence-electron chi connectivity index (χ4n) is 3.47. The van der Waals surface area contributed by atoms with Crippen LogP contribution in [0.1, 0.15) is 37.4 Å². The van der Waals surface area contributed by atoms with Gasteiger partial charge < -0.3 is 19.7 Å². The molecular formula is C21H32N6. The molecule has 6 nitrogen and oxygen atoms in total. The summed E-state index contributed by atoms with van der Waals surface area (Å²) in [4.78, 5) is 14.0. The van der Waals surface area contributed by atoms with Gasteiger partial charge in [-0.05, 0) is 56.0 Å². The Morgan fingerprint density at radius 1 is 1.26 bits per heavy atom. The average molecular weight is 369 g/mol. The van der Waals surface area contributed by atoms with Crippen LogP contribution in [0, 0.1) is 0 Å². The van der Waals surface area contributed by atoms with Gasteiger partial charge in [0.2, 0.25) is 0 Å². The number of anilines is 1. The summed E-state index contributed by atoms with van der Waals surface area (Å²) >= 11 is 0. The summed E-state index contributed by atoms with van der Waals surface area (Å²) in [5.74, 6) is 2.01. The molecule has 0 bridgehead atoms. The largest absolute Gasteiger partial charge is 0.357 e. The predicted molar refractivity (Wildman–Crippen MR) is 112 cm³/mol. The molecule has 1 saturated heterocycles. The van der Waals surface area contributed by atoms with Crippen LogP contribution in [0.2, 0.25) is 0 Å². The topological polar surface area (TPSA) is 48.7 Å². The first-order valence-corrected chi connectivity index (χ1v) is 9.97. The number of nitrogens with one attached hydrogen (secondary N) is 1. The van der Waals surface area contributed by atoms with Crippen LogP contribution in [0.5, 0.6) is 0 Å². The molecule has 0 spiro atoms. The molecule has 0 radical (unpaired) electrons. The molecule has 2 aromatic heterocycles. The highest BCUT2D eigenvalue weighted by Gasteiger charge is 2.13. The zero-order chi connectivity index (χ0) is 19.1. The van der Waals surface area contributed by atoms with Crippen LogP contribution < -0.4 is 10.2 Å². The molecule has 0 saturated carbocycles. The summed E-state index contributed by atoms with van der Waals surface area (Å²) in [5, 5.41) is 3.40. The quantitative estimate of drug-likeness (QED) is 0.629. The average Bonchev–Trinajstić information content (AvgIpc) is 3.10. The molecule has 2 aromatic rings. The molecular weight excluding hydrogens is 336 g/mol. The fraction of sp³-hybridized carbons (Fsp3) is 0.524. The summed E-state index contributed by atoms with van der Waals surface area (Å²) in [6.45, 7) is 6.66. The zero-order valence-electron chi connectivity index (χ0n) is 16.9. The van der Waals surface area contributed by atoms with Gasteiger partial charge in [-0.15, -0.1) is 0 Å². The Labute approximate surface area is 162 Å². The van der Waals surface area contributed by atoms with Crippen LogP contribution >= 0.6 is 0 Å². The zero-order valence-corrected chi connectivity index (χ0v) is 16.9. The van der Waals surface area contributed by atoms with E-state index in [0.717, 1.165) is 38.0 Å². The van der Waals surface area contributed by atoms with Crippen molar-refractivity contribution in [1.29, 1.82) is 0 Å². The third kappa shape index (κ3) is 5.25. The number of hydrogen-bond donors (Lipinski definition) is 1. The lowest BCUT2D eigenvalue weighted by molar-refractivity contribution is 0.462. The Bertz CT molecular complexity index is 745. The van der Waals surface area contributed by atoms with Gasteiger partial charge in [0.15, 0.2) is 5.96 Å². The molecule has 1 fully saturated rings. The molecule has 0 atom stereocenters. The number of rotatable bonds is 6. The van der Waals surface area contributed by atoms with Crippen LogP contribution in [0.4, 0.5) is 5.82 Å². The molecule has 3 rings (SSSR count). The maximum atomic E-state index is 4.86. The first-order valence-electron chi connectivity index (χ1n) is 9.97. The molecule has 0 aromatic carbocycles. The number of aromatic nitrogens is 2. The molecule has 6 heteroatoms. The summed E-state index contributed by atoms with van der Waals surface area (Å²) in [6.07, 6.45) is 7.85. The molecule has 3 heterocycles. The standard InChI is InChI=1S/C21H32N6/c1-4-22-21(26(3)17-19-9-8-12-25(19)2)24-16-18-10-11-23-20(15-18)27-13-6-5-7-14-27/h8-12,15H,4-7,13-14,16-17H2,1-3H3,(H,22,24). The second-order valence-corrected chi connectivity index (χ2v) is 7.21. The monoisotopic (exact) mass is 368 g/mol. The van der Waals surface area contributed by atoms with Gasteiger partial charge in [0.05, 0.1) is 13.1 Å². The molecule has 0 amide bonds. The molecule has 1 aliphatic heterocycles. The molecule has 1 N–H and O–H groups in total. The lowest BCUT2D eigenvalue weighted by Crippen LogP contribution is -2.38. The number of nitrogens with zero attached hydrogens (tertiary/aromatic N) is 5. The Kier molecular flexibility index (Phi) is 6.74. The Balaban J connectivity index is 1.68. The van der Waals surface area contributed by atoms with Gasteiger partial charge in [0.25, 0.3) is 0 Å². The first kappa shape index (κ1) is 19.3. The first-order chi connectivity index (χ1) is 13.2. The molecule has 1 aliphatic rings. The fourth-order valence-corrected chi connectivity index (χ4v) is 3.47. The Morgan fingerprint density at radius 3 is 2.78 bits per heavy atom. The van der Waals surface area contributed by atoms with Crippen LogP contribution in [-0.2, 0) is 20.1 Å². The maximum Gasteiger partial charge on any atom is 0.194 e. The van der Waals surface area contributed by atoms with Gasteiger partial charge in [-0.1, -0.05) is 0 Å². The number of pyridine rings is 1. The van der Waals surface area contributed by atoms with Crippen LogP contribution in [-0.4, -0.2) is 47.1 Å². The highest BCUT2D eigenvalue weighted by molar-refractivity contribution is 5.79. The second-order valence-electron chi connectivity index (χ2n) is 7.21. The predicted octanol–water partition coefficient (Wildman–Crippen LogP) is 3.01. The third-order valence-corrected chi connectivity index (χ3v) is 5.05. The van der Waals surface area contributed by atoms with E-state index < -0.39 is 0 Å². The van der Waals surface area contributed by atoms with Crippen molar-refractivity contribution in [3.05, 3.63) is 47.9 Å². The number of guanidine groups is 1. The SMILES string of the molecule is CCNC(=NCc1ccnc(N2CCCCC2)c1)N(C)Cc1cccn1C. The molecule has 0 aliphatic carbocycles. The van der Waals surface area contributed by atoms with E-state index in [1.807, 2.05) is 6.20 Å². The smallest absolute Gasteiger partial charge is 0.194 e.